The van der Waals surface area contributed by atoms with Crippen LogP contribution in [-0.2, 0) is 9.53 Å². The molecule has 0 fully saturated rings. The number of amides is 1. The highest BCUT2D eigenvalue weighted by atomic mass is 35.5. The molecule has 0 aliphatic heterocycles. The molecule has 1 atom stereocenters. The fraction of sp³-hybridized carbons (Fsp3) is 0.364. The molecule has 0 saturated carbocycles. The Balaban J connectivity index is 2.37. The van der Waals surface area contributed by atoms with Gasteiger partial charge in [-0.2, -0.15) is 0 Å². The molecule has 16 heavy (non-hydrogen) atoms. The quantitative estimate of drug-likeness (QED) is 0.825. The summed E-state index contributed by atoms with van der Waals surface area (Å²) in [5, 5.41) is 3.32. The molecule has 0 bridgehead atoms. The van der Waals surface area contributed by atoms with Crippen molar-refractivity contribution in [2.24, 2.45) is 5.73 Å². The Morgan fingerprint density at radius 2 is 2.12 bits per heavy atom. The molecule has 0 aliphatic rings. The highest BCUT2D eigenvalue weighted by molar-refractivity contribution is 6.30. The van der Waals surface area contributed by atoms with Gasteiger partial charge < -0.3 is 15.8 Å². The van der Waals surface area contributed by atoms with Gasteiger partial charge in [-0.1, -0.05) is 11.6 Å². The van der Waals surface area contributed by atoms with Gasteiger partial charge in [0.1, 0.15) is 6.61 Å². The number of carbonyl (C=O) groups is 1. The van der Waals surface area contributed by atoms with Crippen molar-refractivity contribution in [1.29, 1.82) is 0 Å². The third kappa shape index (κ3) is 4.61. The fourth-order valence-electron chi connectivity index (χ4n) is 1.02. The Labute approximate surface area is 99.7 Å². The Morgan fingerprint density at radius 3 is 2.69 bits per heavy atom. The highest BCUT2D eigenvalue weighted by Gasteiger charge is 2.05. The third-order valence-corrected chi connectivity index (χ3v) is 2.21. The van der Waals surface area contributed by atoms with Gasteiger partial charge in [0.15, 0.2) is 0 Å². The van der Waals surface area contributed by atoms with Crippen molar-refractivity contribution in [2.75, 3.05) is 18.5 Å². The number of nitrogens with one attached hydrogen (secondary N) is 1. The number of anilines is 1. The average molecular weight is 243 g/mol. The molecule has 1 aromatic carbocycles. The molecule has 88 valence electrons. The van der Waals surface area contributed by atoms with E-state index in [4.69, 9.17) is 22.1 Å². The molecule has 4 nitrogen and oxygen atoms in total. The first-order valence-electron chi connectivity index (χ1n) is 4.99. The van der Waals surface area contributed by atoms with Crippen LogP contribution in [0.3, 0.4) is 0 Å². The van der Waals surface area contributed by atoms with E-state index in [0.717, 1.165) is 0 Å². The lowest BCUT2D eigenvalue weighted by Crippen LogP contribution is -2.26. The zero-order valence-electron chi connectivity index (χ0n) is 9.07. The molecule has 1 aromatic rings. The van der Waals surface area contributed by atoms with Crippen LogP contribution in [0.1, 0.15) is 6.92 Å². The summed E-state index contributed by atoms with van der Waals surface area (Å²) in [7, 11) is 0. The lowest BCUT2D eigenvalue weighted by atomic mass is 10.3. The summed E-state index contributed by atoms with van der Waals surface area (Å²) < 4.78 is 5.19. The van der Waals surface area contributed by atoms with E-state index < -0.39 is 0 Å². The lowest BCUT2D eigenvalue weighted by molar-refractivity contribution is -0.122. The third-order valence-electron chi connectivity index (χ3n) is 1.96. The van der Waals surface area contributed by atoms with Gasteiger partial charge in [-0.15, -0.1) is 0 Å². The lowest BCUT2D eigenvalue weighted by Gasteiger charge is -2.10. The fourth-order valence-corrected chi connectivity index (χ4v) is 1.14. The summed E-state index contributed by atoms with van der Waals surface area (Å²) in [5.74, 6) is -0.206. The number of hydrogen-bond acceptors (Lipinski definition) is 3. The summed E-state index contributed by atoms with van der Waals surface area (Å²) in [4.78, 5) is 11.4. The van der Waals surface area contributed by atoms with Crippen molar-refractivity contribution in [3.05, 3.63) is 29.3 Å². The Morgan fingerprint density at radius 1 is 1.50 bits per heavy atom. The Bertz CT molecular complexity index is 340. The van der Waals surface area contributed by atoms with Gasteiger partial charge in [0.05, 0.1) is 6.10 Å². The van der Waals surface area contributed by atoms with Crippen LogP contribution in [0.15, 0.2) is 24.3 Å². The van der Waals surface area contributed by atoms with Gasteiger partial charge in [0.2, 0.25) is 5.91 Å². The van der Waals surface area contributed by atoms with Gasteiger partial charge in [-0.25, -0.2) is 0 Å². The van der Waals surface area contributed by atoms with E-state index in [9.17, 15) is 4.79 Å². The second kappa shape index (κ2) is 6.48. The van der Waals surface area contributed by atoms with Crippen LogP contribution in [0.25, 0.3) is 0 Å². The van der Waals surface area contributed by atoms with Crippen molar-refractivity contribution in [2.45, 2.75) is 13.0 Å². The number of carbonyl (C=O) groups excluding carboxylic acids is 1. The summed E-state index contributed by atoms with van der Waals surface area (Å²) in [5.41, 5.74) is 6.05. The molecule has 1 rings (SSSR count). The first kappa shape index (κ1) is 13.0. The molecule has 0 aromatic heterocycles. The van der Waals surface area contributed by atoms with E-state index in [0.29, 0.717) is 17.3 Å². The smallest absolute Gasteiger partial charge is 0.250 e. The topological polar surface area (TPSA) is 64.3 Å². The molecule has 0 heterocycles. The number of nitrogens with two attached hydrogens (primary N) is 1. The van der Waals surface area contributed by atoms with Gasteiger partial charge >= 0.3 is 0 Å². The Hall–Kier alpha value is -1.10. The number of hydrogen-bond donors (Lipinski definition) is 2. The predicted octanol–water partition coefficient (Wildman–Crippen LogP) is 1.64. The van der Waals surface area contributed by atoms with Crippen molar-refractivity contribution in [1.82, 2.24) is 0 Å². The second-order valence-electron chi connectivity index (χ2n) is 3.41. The van der Waals surface area contributed by atoms with E-state index in [1.54, 1.807) is 24.3 Å². The molecule has 0 spiro atoms. The molecule has 1 unspecified atom stereocenters. The zero-order chi connectivity index (χ0) is 12.0. The molecule has 0 aliphatic carbocycles. The summed E-state index contributed by atoms with van der Waals surface area (Å²) in [6.07, 6.45) is -0.115. The van der Waals surface area contributed by atoms with Crippen LogP contribution in [0, 0.1) is 0 Å². The standard InChI is InChI=1S/C11H15ClN2O2/c1-8(6-13)16-7-11(15)14-10-4-2-9(12)3-5-10/h2-5,8H,6-7,13H2,1H3,(H,14,15). The van der Waals surface area contributed by atoms with E-state index in [-0.39, 0.29) is 18.6 Å². The van der Waals surface area contributed by atoms with Crippen LogP contribution in [0.5, 0.6) is 0 Å². The van der Waals surface area contributed by atoms with Crippen LogP contribution >= 0.6 is 11.6 Å². The van der Waals surface area contributed by atoms with Crippen LogP contribution < -0.4 is 11.1 Å². The van der Waals surface area contributed by atoms with E-state index in [1.807, 2.05) is 6.92 Å². The van der Waals surface area contributed by atoms with Crippen LogP contribution in [0.4, 0.5) is 5.69 Å². The normalized spacial score (nSPS) is 12.2. The molecule has 3 N–H and O–H groups in total. The first-order chi connectivity index (χ1) is 7.61. The van der Waals surface area contributed by atoms with Gasteiger partial charge in [-0.05, 0) is 31.2 Å². The second-order valence-corrected chi connectivity index (χ2v) is 3.85. The Kier molecular flexibility index (Phi) is 5.25. The van der Waals surface area contributed by atoms with Crippen molar-refractivity contribution >= 4 is 23.2 Å². The van der Waals surface area contributed by atoms with E-state index in [1.165, 1.54) is 0 Å². The largest absolute Gasteiger partial charge is 0.367 e. The molecule has 0 saturated heterocycles. The minimum absolute atomic E-state index is 0.000985. The number of rotatable bonds is 5. The number of ether oxygens (including phenoxy) is 1. The van der Waals surface area contributed by atoms with Gasteiger partial charge in [0.25, 0.3) is 0 Å². The molecule has 0 radical (unpaired) electrons. The summed E-state index contributed by atoms with van der Waals surface area (Å²) in [6.45, 7) is 2.21. The van der Waals surface area contributed by atoms with Crippen molar-refractivity contribution in [3.63, 3.8) is 0 Å². The van der Waals surface area contributed by atoms with Crippen molar-refractivity contribution < 1.29 is 9.53 Å². The summed E-state index contributed by atoms with van der Waals surface area (Å²) >= 11 is 5.72. The van der Waals surface area contributed by atoms with E-state index in [2.05, 4.69) is 5.32 Å². The molecular formula is C11H15ClN2O2. The van der Waals surface area contributed by atoms with Crippen molar-refractivity contribution in [3.8, 4) is 0 Å². The molecular weight excluding hydrogens is 228 g/mol. The van der Waals surface area contributed by atoms with E-state index >= 15 is 0 Å². The maximum absolute atomic E-state index is 11.4. The molecule has 5 heteroatoms. The minimum atomic E-state index is -0.206. The summed E-state index contributed by atoms with van der Waals surface area (Å²) in [6, 6.07) is 6.88. The SMILES string of the molecule is CC(CN)OCC(=O)Nc1ccc(Cl)cc1. The van der Waals surface area contributed by atoms with Crippen LogP contribution in [-0.4, -0.2) is 25.2 Å². The highest BCUT2D eigenvalue weighted by Crippen LogP contribution is 2.13. The first-order valence-corrected chi connectivity index (χ1v) is 5.36. The van der Waals surface area contributed by atoms with Gasteiger partial charge in [0, 0.05) is 17.3 Å². The maximum atomic E-state index is 11.4. The van der Waals surface area contributed by atoms with Crippen LogP contribution in [0.2, 0.25) is 5.02 Å². The van der Waals surface area contributed by atoms with Gasteiger partial charge in [-0.3, -0.25) is 4.79 Å². The number of benzene rings is 1. The zero-order valence-corrected chi connectivity index (χ0v) is 9.83. The predicted molar refractivity (Wildman–Crippen MR) is 64.6 cm³/mol. The number of halogens is 1. The monoisotopic (exact) mass is 242 g/mol. The molecule has 1 amide bonds. The minimum Gasteiger partial charge on any atom is -0.367 e. The average Bonchev–Trinajstić information content (AvgIpc) is 2.29. The maximum Gasteiger partial charge on any atom is 0.250 e.